The molecular weight excluding hydrogens is 608 g/mol. The zero-order chi connectivity index (χ0) is 37.4. The molecule has 11 heteroatoms. The number of ketones is 1. The standard InChI is InChI=1S/C32H56N6O5.C3H8.C2H6/c1-10-34-26(40)12-11-22(16-32(7,8)9)36-31(43)37-27(19(4)5)30(42)38-17-21-14-24(21)28(38)20(6)35-23(13-18(2)3)15-25(39)29(33)41;1-3-2;1-2/h18-19,21-24,27-28,35H,6,10-17H2,1-5,7-9H3,(H2,33,41)(H,34,40)(H2,36,37,43);3H2,1-2H3;1-2H3/t21-,22+,23?,24-,27?,28?;;/m0../s1. The molecule has 0 bridgehead atoms. The van der Waals surface area contributed by atoms with Gasteiger partial charge in [0.05, 0.1) is 6.04 Å². The first-order valence-corrected chi connectivity index (χ1v) is 18.3. The van der Waals surface area contributed by atoms with Gasteiger partial charge < -0.3 is 31.9 Å². The number of Topliss-reactive ketones (excluding diaryl/α,β-unsaturated/α-hetero) is 1. The normalized spacial score (nSPS) is 19.7. The summed E-state index contributed by atoms with van der Waals surface area (Å²) in [6.45, 7) is 29.6. The fraction of sp³-hybridized carbons (Fsp3) is 0.811. The van der Waals surface area contributed by atoms with Crippen LogP contribution in [0.15, 0.2) is 12.3 Å². The van der Waals surface area contributed by atoms with E-state index < -0.39 is 23.8 Å². The van der Waals surface area contributed by atoms with Crippen molar-refractivity contribution in [2.24, 2.45) is 34.8 Å². The molecule has 11 nitrogen and oxygen atoms in total. The summed E-state index contributed by atoms with van der Waals surface area (Å²) in [5, 5.41) is 12.1. The van der Waals surface area contributed by atoms with Gasteiger partial charge in [-0.15, -0.1) is 0 Å². The zero-order valence-electron chi connectivity index (χ0n) is 32.3. The molecule has 3 unspecified atom stereocenters. The molecule has 0 spiro atoms. The number of carbonyl (C=O) groups excluding carboxylic acids is 5. The second-order valence-electron chi connectivity index (χ2n) is 15.1. The van der Waals surface area contributed by atoms with Gasteiger partial charge in [-0.1, -0.05) is 89.2 Å². The predicted molar refractivity (Wildman–Crippen MR) is 195 cm³/mol. The van der Waals surface area contributed by atoms with Crippen LogP contribution in [0.1, 0.15) is 128 Å². The quantitative estimate of drug-likeness (QED) is 0.131. The molecule has 0 aromatic carbocycles. The van der Waals surface area contributed by atoms with E-state index >= 15 is 0 Å². The van der Waals surface area contributed by atoms with Gasteiger partial charge in [0.2, 0.25) is 17.6 Å². The number of nitrogens with zero attached hydrogens (tertiary/aromatic N) is 1. The molecule has 1 aliphatic carbocycles. The summed E-state index contributed by atoms with van der Waals surface area (Å²) >= 11 is 0. The van der Waals surface area contributed by atoms with Crippen LogP contribution in [0.2, 0.25) is 0 Å². The Hall–Kier alpha value is -3.11. The number of hydrogen-bond acceptors (Lipinski definition) is 6. The third kappa shape index (κ3) is 16.3. The lowest BCUT2D eigenvalue weighted by molar-refractivity contribution is -0.136. The minimum Gasteiger partial charge on any atom is -0.384 e. The number of likely N-dealkylation sites (tertiary alicyclic amines) is 1. The molecule has 6 N–H and O–H groups in total. The Morgan fingerprint density at radius 1 is 0.938 bits per heavy atom. The van der Waals surface area contributed by atoms with E-state index in [-0.39, 0.29) is 59.5 Å². The van der Waals surface area contributed by atoms with Gasteiger partial charge in [-0.2, -0.15) is 0 Å². The molecule has 6 atom stereocenters. The number of urea groups is 1. The monoisotopic (exact) mass is 679 g/mol. The Morgan fingerprint density at radius 2 is 1.52 bits per heavy atom. The summed E-state index contributed by atoms with van der Waals surface area (Å²) < 4.78 is 0. The number of primary amides is 1. The number of nitrogens with one attached hydrogen (secondary N) is 4. The largest absolute Gasteiger partial charge is 0.384 e. The van der Waals surface area contributed by atoms with E-state index in [0.717, 1.165) is 6.42 Å². The molecule has 1 saturated carbocycles. The SMILES string of the molecule is C=C(NC(CC(=O)C(N)=O)CC(C)C)C1[C@H]2C[C@H]2CN1C(=O)C(NC(=O)N[C@H](CCC(=O)NCC)CC(C)(C)C)C(C)C.CC.CCC. The van der Waals surface area contributed by atoms with Gasteiger partial charge in [0.25, 0.3) is 5.91 Å². The molecule has 2 fully saturated rings. The number of carbonyl (C=O) groups is 5. The highest BCUT2D eigenvalue weighted by Crippen LogP contribution is 2.51. The van der Waals surface area contributed by atoms with Gasteiger partial charge in [0.15, 0.2) is 0 Å². The first-order chi connectivity index (χ1) is 22.3. The van der Waals surface area contributed by atoms with Crippen LogP contribution in [-0.4, -0.2) is 71.7 Å². The van der Waals surface area contributed by atoms with Crippen LogP contribution < -0.4 is 27.0 Å². The van der Waals surface area contributed by atoms with Crippen molar-refractivity contribution >= 4 is 29.5 Å². The summed E-state index contributed by atoms with van der Waals surface area (Å²) in [6, 6.07) is -2.02. The van der Waals surface area contributed by atoms with Crippen LogP contribution in [0.5, 0.6) is 0 Å². The van der Waals surface area contributed by atoms with Gasteiger partial charge in [-0.25, -0.2) is 4.79 Å². The molecule has 5 amide bonds. The molecule has 2 rings (SSSR count). The summed E-state index contributed by atoms with van der Waals surface area (Å²) in [6.07, 6.45) is 4.32. The molecule has 278 valence electrons. The van der Waals surface area contributed by atoms with Gasteiger partial charge in [0, 0.05) is 43.7 Å². The first-order valence-electron chi connectivity index (χ1n) is 18.3. The first kappa shape index (κ1) is 44.9. The van der Waals surface area contributed by atoms with Crippen molar-refractivity contribution in [1.82, 2.24) is 26.2 Å². The maximum absolute atomic E-state index is 14.0. The second kappa shape index (κ2) is 21.8. The molecule has 1 heterocycles. The number of nitrogens with two attached hydrogens (primary N) is 1. The lowest BCUT2D eigenvalue weighted by Crippen LogP contribution is -2.57. The highest BCUT2D eigenvalue weighted by molar-refractivity contribution is 6.35. The van der Waals surface area contributed by atoms with Gasteiger partial charge in [-0.3, -0.25) is 19.2 Å². The van der Waals surface area contributed by atoms with Crippen LogP contribution in [0.3, 0.4) is 0 Å². The van der Waals surface area contributed by atoms with E-state index in [1.54, 1.807) is 0 Å². The molecular formula is C37H70N6O5. The second-order valence-corrected chi connectivity index (χ2v) is 15.1. The van der Waals surface area contributed by atoms with Crippen molar-refractivity contribution in [3.63, 3.8) is 0 Å². The number of hydrogen-bond donors (Lipinski definition) is 5. The molecule has 48 heavy (non-hydrogen) atoms. The Morgan fingerprint density at radius 3 is 2.00 bits per heavy atom. The Bertz CT molecular complexity index is 1050. The third-order valence-electron chi connectivity index (χ3n) is 8.15. The van der Waals surface area contributed by atoms with Crippen molar-refractivity contribution in [2.45, 2.75) is 152 Å². The summed E-state index contributed by atoms with van der Waals surface area (Å²) in [4.78, 5) is 64.7. The van der Waals surface area contributed by atoms with Gasteiger partial charge in [0.1, 0.15) is 6.04 Å². The summed E-state index contributed by atoms with van der Waals surface area (Å²) in [7, 11) is 0. The Balaban J connectivity index is 0.00000417. The van der Waals surface area contributed by atoms with Crippen LogP contribution in [0.25, 0.3) is 0 Å². The van der Waals surface area contributed by atoms with E-state index in [2.05, 4.69) is 62.5 Å². The van der Waals surface area contributed by atoms with Crippen LogP contribution >= 0.6 is 0 Å². The van der Waals surface area contributed by atoms with Crippen molar-refractivity contribution in [3.8, 4) is 0 Å². The molecule has 0 aromatic heterocycles. The van der Waals surface area contributed by atoms with Crippen molar-refractivity contribution in [2.75, 3.05) is 13.1 Å². The molecule has 1 aliphatic heterocycles. The highest BCUT2D eigenvalue weighted by atomic mass is 16.2. The van der Waals surface area contributed by atoms with Crippen molar-refractivity contribution < 1.29 is 24.0 Å². The maximum Gasteiger partial charge on any atom is 0.315 e. The summed E-state index contributed by atoms with van der Waals surface area (Å²) in [5.41, 5.74) is 5.79. The number of fused-ring (bicyclic) bond motifs is 1. The number of amides is 5. The average Bonchev–Trinajstić information content (AvgIpc) is 3.63. The minimum atomic E-state index is -0.959. The van der Waals surface area contributed by atoms with Crippen LogP contribution in [-0.2, 0) is 19.2 Å². The van der Waals surface area contributed by atoms with E-state index in [1.807, 2.05) is 53.4 Å². The van der Waals surface area contributed by atoms with E-state index in [0.29, 0.717) is 50.4 Å². The smallest absolute Gasteiger partial charge is 0.315 e. The Kier molecular flexibility index (Phi) is 20.4. The van der Waals surface area contributed by atoms with Crippen molar-refractivity contribution in [1.29, 1.82) is 0 Å². The number of rotatable bonds is 17. The molecule has 1 saturated heterocycles. The fourth-order valence-corrected chi connectivity index (χ4v) is 6.19. The minimum absolute atomic E-state index is 0.0342. The van der Waals surface area contributed by atoms with E-state index in [1.165, 1.54) is 6.42 Å². The number of piperidine rings is 1. The third-order valence-corrected chi connectivity index (χ3v) is 8.15. The lowest BCUT2D eigenvalue weighted by atomic mass is 9.86. The maximum atomic E-state index is 14.0. The van der Waals surface area contributed by atoms with Crippen LogP contribution in [0, 0.1) is 29.1 Å². The van der Waals surface area contributed by atoms with E-state index in [4.69, 9.17) is 5.73 Å². The lowest BCUT2D eigenvalue weighted by Gasteiger charge is -2.35. The predicted octanol–water partition coefficient (Wildman–Crippen LogP) is 5.28. The highest BCUT2D eigenvalue weighted by Gasteiger charge is 2.56. The Labute approximate surface area is 291 Å². The van der Waals surface area contributed by atoms with Crippen molar-refractivity contribution in [3.05, 3.63) is 12.3 Å². The van der Waals surface area contributed by atoms with Gasteiger partial charge >= 0.3 is 6.03 Å². The summed E-state index contributed by atoms with van der Waals surface area (Å²) in [5.74, 6) is -1.10. The molecule has 2 aliphatic rings. The van der Waals surface area contributed by atoms with E-state index in [9.17, 15) is 24.0 Å². The fourth-order valence-electron chi connectivity index (χ4n) is 6.19. The van der Waals surface area contributed by atoms with Gasteiger partial charge in [-0.05, 0) is 61.7 Å². The molecule has 0 aromatic rings. The van der Waals surface area contributed by atoms with Crippen LogP contribution in [0.4, 0.5) is 4.79 Å². The topological polar surface area (TPSA) is 163 Å². The average molecular weight is 679 g/mol. The zero-order valence-corrected chi connectivity index (χ0v) is 32.3. The molecule has 0 radical (unpaired) electrons.